The van der Waals surface area contributed by atoms with Gasteiger partial charge in [0.2, 0.25) is 0 Å². The summed E-state index contributed by atoms with van der Waals surface area (Å²) >= 11 is 0. The van der Waals surface area contributed by atoms with E-state index < -0.39 is 10.1 Å². The van der Waals surface area contributed by atoms with Crippen LogP contribution in [0.15, 0.2) is 0 Å². The van der Waals surface area contributed by atoms with Crippen molar-refractivity contribution in [2.75, 3.05) is 26.5 Å². The molecule has 1 N–H and O–H groups in total. The molecule has 0 unspecified atom stereocenters. The van der Waals surface area contributed by atoms with Crippen molar-refractivity contribution in [3.8, 4) is 11.8 Å². The van der Waals surface area contributed by atoms with Gasteiger partial charge in [0.05, 0.1) is 6.26 Å². The Bertz CT molecular complexity index is 273. The molecule has 5 heteroatoms. The second kappa shape index (κ2) is 6.89. The van der Waals surface area contributed by atoms with Crippen LogP contribution >= 0.6 is 0 Å². The van der Waals surface area contributed by atoms with E-state index in [0.29, 0.717) is 0 Å². The highest BCUT2D eigenvalue weighted by atomic mass is 32.2. The average Bonchev–Trinajstić information content (AvgIpc) is 2.01. The van der Waals surface area contributed by atoms with Gasteiger partial charge in [0.15, 0.2) is 0 Å². The first-order valence-electron chi connectivity index (χ1n) is 4.01. The first-order valence-corrected chi connectivity index (χ1v) is 5.82. The summed E-state index contributed by atoms with van der Waals surface area (Å²) in [6.07, 6.45) is 2.73. The Morgan fingerprint density at radius 3 is 2.62 bits per heavy atom. The Kier molecular flexibility index (Phi) is 6.59. The van der Waals surface area contributed by atoms with Gasteiger partial charge in [0, 0.05) is 6.42 Å². The van der Waals surface area contributed by atoms with Crippen LogP contribution in [-0.4, -0.2) is 34.9 Å². The lowest BCUT2D eigenvalue weighted by Crippen LogP contribution is -2.06. The van der Waals surface area contributed by atoms with E-state index in [1.54, 1.807) is 0 Å². The number of hydrogen-bond donors (Lipinski definition) is 1. The fraction of sp³-hybridized carbons (Fsp3) is 0.750. The molecule has 0 amide bonds. The highest BCUT2D eigenvalue weighted by molar-refractivity contribution is 7.85. The van der Waals surface area contributed by atoms with Crippen molar-refractivity contribution in [2.45, 2.75) is 12.8 Å². The average molecular weight is 205 g/mol. The van der Waals surface area contributed by atoms with E-state index in [4.69, 9.17) is 0 Å². The molecule has 0 heterocycles. The van der Waals surface area contributed by atoms with Crippen LogP contribution in [0, 0.1) is 11.8 Å². The van der Waals surface area contributed by atoms with E-state index in [0.717, 1.165) is 25.6 Å². The maximum atomic E-state index is 10.5. The van der Waals surface area contributed by atoms with Crippen molar-refractivity contribution in [3.05, 3.63) is 0 Å². The van der Waals surface area contributed by atoms with Crippen LogP contribution in [0.4, 0.5) is 0 Å². The molecular formula is C8H15NO3S. The van der Waals surface area contributed by atoms with Crippen LogP contribution in [0.5, 0.6) is 0 Å². The summed E-state index contributed by atoms with van der Waals surface area (Å²) in [6, 6.07) is 0. The zero-order chi connectivity index (χ0) is 10.2. The van der Waals surface area contributed by atoms with Crippen LogP contribution < -0.4 is 5.32 Å². The van der Waals surface area contributed by atoms with Gasteiger partial charge in [0.1, 0.15) is 6.61 Å². The van der Waals surface area contributed by atoms with Crippen LogP contribution in [0.3, 0.4) is 0 Å². The molecule has 0 spiro atoms. The smallest absolute Gasteiger partial charge is 0.265 e. The fourth-order valence-corrected chi connectivity index (χ4v) is 0.902. The second-order valence-electron chi connectivity index (χ2n) is 2.53. The molecule has 0 aliphatic heterocycles. The monoisotopic (exact) mass is 205 g/mol. The van der Waals surface area contributed by atoms with Crippen LogP contribution in [0.2, 0.25) is 0 Å². The molecule has 76 valence electrons. The minimum Gasteiger partial charge on any atom is -0.320 e. The minimum absolute atomic E-state index is 0.0433. The van der Waals surface area contributed by atoms with Gasteiger partial charge >= 0.3 is 0 Å². The lowest BCUT2D eigenvalue weighted by atomic mass is 10.3. The Balaban J connectivity index is 3.41. The van der Waals surface area contributed by atoms with Crippen molar-refractivity contribution in [3.63, 3.8) is 0 Å². The van der Waals surface area contributed by atoms with Gasteiger partial charge in [-0.15, -0.1) is 5.92 Å². The molecular weight excluding hydrogens is 190 g/mol. The highest BCUT2D eigenvalue weighted by Gasteiger charge is 1.96. The third-order valence-electron chi connectivity index (χ3n) is 1.20. The minimum atomic E-state index is -3.34. The third kappa shape index (κ3) is 11.4. The number of hydrogen-bond acceptors (Lipinski definition) is 4. The second-order valence-corrected chi connectivity index (χ2v) is 4.17. The molecule has 0 aromatic carbocycles. The van der Waals surface area contributed by atoms with Gasteiger partial charge in [-0.1, -0.05) is 5.92 Å². The van der Waals surface area contributed by atoms with Gasteiger partial charge in [-0.3, -0.25) is 4.18 Å². The number of nitrogens with one attached hydrogen (secondary N) is 1. The van der Waals surface area contributed by atoms with Crippen LogP contribution in [-0.2, 0) is 14.3 Å². The zero-order valence-electron chi connectivity index (χ0n) is 7.96. The topological polar surface area (TPSA) is 55.4 Å². The SMILES string of the molecule is CNCCCC#CCOS(C)(=O)=O. The van der Waals surface area contributed by atoms with Crippen LogP contribution in [0.1, 0.15) is 12.8 Å². The molecule has 0 saturated heterocycles. The molecule has 0 rings (SSSR count). The van der Waals surface area contributed by atoms with Gasteiger partial charge in [-0.05, 0) is 20.0 Å². The quantitative estimate of drug-likeness (QED) is 0.389. The lowest BCUT2D eigenvalue weighted by molar-refractivity contribution is 0.367. The highest BCUT2D eigenvalue weighted by Crippen LogP contribution is 1.86. The standard InChI is InChI=1S/C8H15NO3S/c1-9-7-5-3-4-6-8-12-13(2,10)11/h9H,3,5,7-8H2,1-2H3. The predicted molar refractivity (Wildman–Crippen MR) is 51.7 cm³/mol. The summed E-state index contributed by atoms with van der Waals surface area (Å²) in [5, 5.41) is 2.99. The number of rotatable bonds is 5. The molecule has 4 nitrogen and oxygen atoms in total. The van der Waals surface area contributed by atoms with Crippen molar-refractivity contribution in [1.82, 2.24) is 5.32 Å². The summed E-state index contributed by atoms with van der Waals surface area (Å²) < 4.78 is 25.4. The molecule has 13 heavy (non-hydrogen) atoms. The van der Waals surface area contributed by atoms with Crippen molar-refractivity contribution < 1.29 is 12.6 Å². The first kappa shape index (κ1) is 12.4. The molecule has 0 aromatic rings. The summed E-state index contributed by atoms with van der Waals surface area (Å²) in [5.74, 6) is 5.43. The summed E-state index contributed by atoms with van der Waals surface area (Å²) in [5.41, 5.74) is 0. The van der Waals surface area contributed by atoms with E-state index in [9.17, 15) is 8.42 Å². The lowest BCUT2D eigenvalue weighted by Gasteiger charge is -1.93. The Morgan fingerprint density at radius 2 is 2.08 bits per heavy atom. The molecule has 0 bridgehead atoms. The van der Waals surface area contributed by atoms with E-state index >= 15 is 0 Å². The fourth-order valence-electron chi connectivity index (χ4n) is 0.629. The Hall–Kier alpha value is -0.570. The van der Waals surface area contributed by atoms with Gasteiger partial charge in [-0.2, -0.15) is 8.42 Å². The zero-order valence-corrected chi connectivity index (χ0v) is 8.78. The van der Waals surface area contributed by atoms with Crippen LogP contribution in [0.25, 0.3) is 0 Å². The molecule has 0 radical (unpaired) electrons. The van der Waals surface area contributed by atoms with Gasteiger partial charge < -0.3 is 5.32 Å². The first-order chi connectivity index (χ1) is 6.06. The Morgan fingerprint density at radius 1 is 1.38 bits per heavy atom. The van der Waals surface area contributed by atoms with Crippen molar-refractivity contribution >= 4 is 10.1 Å². The molecule has 0 saturated carbocycles. The largest absolute Gasteiger partial charge is 0.320 e. The Labute approximate surface area is 79.8 Å². The normalized spacial score (nSPS) is 10.6. The van der Waals surface area contributed by atoms with Crippen molar-refractivity contribution in [2.24, 2.45) is 0 Å². The summed E-state index contributed by atoms with van der Waals surface area (Å²) in [4.78, 5) is 0. The molecule has 0 aliphatic carbocycles. The van der Waals surface area contributed by atoms with E-state index in [1.165, 1.54) is 0 Å². The molecule has 0 aromatic heterocycles. The molecule has 0 atom stereocenters. The van der Waals surface area contributed by atoms with Gasteiger partial charge in [-0.25, -0.2) is 0 Å². The predicted octanol–water partition coefficient (Wildman–Crippen LogP) is -0.0344. The summed E-state index contributed by atoms with van der Waals surface area (Å²) in [6.45, 7) is 0.875. The van der Waals surface area contributed by atoms with Gasteiger partial charge in [0.25, 0.3) is 10.1 Å². The third-order valence-corrected chi connectivity index (χ3v) is 1.74. The molecule has 0 fully saturated rings. The maximum Gasteiger partial charge on any atom is 0.265 e. The maximum absolute atomic E-state index is 10.5. The van der Waals surface area contributed by atoms with E-state index in [2.05, 4.69) is 21.3 Å². The number of unbranched alkanes of at least 4 members (excludes halogenated alkanes) is 1. The summed E-state index contributed by atoms with van der Waals surface area (Å²) in [7, 11) is -1.46. The van der Waals surface area contributed by atoms with Crippen molar-refractivity contribution in [1.29, 1.82) is 0 Å². The van der Waals surface area contributed by atoms with E-state index in [-0.39, 0.29) is 6.61 Å². The van der Waals surface area contributed by atoms with E-state index in [1.807, 2.05) is 7.05 Å². The molecule has 0 aliphatic rings.